The van der Waals surface area contributed by atoms with Crippen LogP contribution in [-0.2, 0) is 0 Å². The molecule has 5 nitrogen and oxygen atoms in total. The Bertz CT molecular complexity index is 593. The minimum absolute atomic E-state index is 0.0807. The summed E-state index contributed by atoms with van der Waals surface area (Å²) in [6, 6.07) is 5.55. The number of carboxylic acids is 1. The van der Waals surface area contributed by atoms with Crippen molar-refractivity contribution in [3.63, 3.8) is 0 Å². The van der Waals surface area contributed by atoms with E-state index in [1.807, 2.05) is 0 Å². The van der Waals surface area contributed by atoms with Gasteiger partial charge in [0.25, 0.3) is 0 Å². The number of phenolic OH excluding ortho intramolecular Hbond substituents is 1. The Balaban J connectivity index is 2.48. The molecule has 1 heterocycles. The molecule has 0 saturated heterocycles. The zero-order valence-corrected chi connectivity index (χ0v) is 9.51. The van der Waals surface area contributed by atoms with Crippen LogP contribution in [0, 0.1) is 0 Å². The fourth-order valence-electron chi connectivity index (χ4n) is 1.58. The van der Waals surface area contributed by atoms with Gasteiger partial charge >= 0.3 is 5.97 Å². The molecule has 0 fully saturated rings. The van der Waals surface area contributed by atoms with Crippen molar-refractivity contribution in [3.8, 4) is 17.0 Å². The lowest BCUT2D eigenvalue weighted by molar-refractivity contribution is 0.0690. The SMILES string of the molecule is CC(F)c1ccc(O)c(-c2cc(C(=O)O)[nH]n2)c1. The molecule has 0 radical (unpaired) electrons. The van der Waals surface area contributed by atoms with Crippen molar-refractivity contribution in [2.75, 3.05) is 0 Å². The number of aromatic nitrogens is 2. The monoisotopic (exact) mass is 250 g/mol. The first kappa shape index (κ1) is 12.1. The van der Waals surface area contributed by atoms with Crippen molar-refractivity contribution >= 4 is 5.97 Å². The minimum Gasteiger partial charge on any atom is -0.507 e. The average molecular weight is 250 g/mol. The van der Waals surface area contributed by atoms with E-state index < -0.39 is 12.1 Å². The van der Waals surface area contributed by atoms with E-state index in [1.54, 1.807) is 0 Å². The highest BCUT2D eigenvalue weighted by molar-refractivity contribution is 5.87. The first-order chi connectivity index (χ1) is 8.49. The molecule has 6 heteroatoms. The number of carbonyl (C=O) groups is 1. The molecule has 0 bridgehead atoms. The normalized spacial score (nSPS) is 12.3. The number of carboxylic acid groups (broad SMARTS) is 1. The summed E-state index contributed by atoms with van der Waals surface area (Å²) in [4.78, 5) is 10.7. The zero-order valence-electron chi connectivity index (χ0n) is 9.51. The summed E-state index contributed by atoms with van der Waals surface area (Å²) in [6.45, 7) is 1.38. The lowest BCUT2D eigenvalue weighted by Crippen LogP contribution is -1.95. The van der Waals surface area contributed by atoms with Gasteiger partial charge in [-0.15, -0.1) is 0 Å². The fourth-order valence-corrected chi connectivity index (χ4v) is 1.58. The number of H-pyrrole nitrogens is 1. The van der Waals surface area contributed by atoms with Gasteiger partial charge < -0.3 is 10.2 Å². The first-order valence-corrected chi connectivity index (χ1v) is 5.25. The van der Waals surface area contributed by atoms with Gasteiger partial charge in [0.2, 0.25) is 0 Å². The lowest BCUT2D eigenvalue weighted by atomic mass is 10.0. The van der Waals surface area contributed by atoms with Crippen LogP contribution >= 0.6 is 0 Å². The highest BCUT2D eigenvalue weighted by atomic mass is 19.1. The van der Waals surface area contributed by atoms with Crippen molar-refractivity contribution in [3.05, 3.63) is 35.5 Å². The Hall–Kier alpha value is -2.37. The van der Waals surface area contributed by atoms with Crippen LogP contribution in [0.1, 0.15) is 29.1 Å². The number of halogens is 1. The molecular formula is C12H11FN2O3. The van der Waals surface area contributed by atoms with Crippen LogP contribution in [0.5, 0.6) is 5.75 Å². The van der Waals surface area contributed by atoms with Crippen molar-refractivity contribution < 1.29 is 19.4 Å². The number of rotatable bonds is 3. The van der Waals surface area contributed by atoms with Gasteiger partial charge in [-0.2, -0.15) is 5.10 Å². The van der Waals surface area contributed by atoms with Crippen LogP contribution in [0.2, 0.25) is 0 Å². The molecule has 0 amide bonds. The van der Waals surface area contributed by atoms with Gasteiger partial charge in [0.05, 0.1) is 5.69 Å². The fraction of sp³-hybridized carbons (Fsp3) is 0.167. The number of aromatic carboxylic acids is 1. The molecule has 1 unspecified atom stereocenters. The molecule has 0 saturated carbocycles. The molecule has 2 rings (SSSR count). The largest absolute Gasteiger partial charge is 0.507 e. The molecule has 94 valence electrons. The number of nitrogens with zero attached hydrogens (tertiary/aromatic N) is 1. The van der Waals surface area contributed by atoms with Gasteiger partial charge in [-0.3, -0.25) is 5.10 Å². The van der Waals surface area contributed by atoms with E-state index in [9.17, 15) is 14.3 Å². The summed E-state index contributed by atoms with van der Waals surface area (Å²) in [5.41, 5.74) is 0.846. The molecule has 0 aliphatic rings. The average Bonchev–Trinajstić information content (AvgIpc) is 2.78. The first-order valence-electron chi connectivity index (χ1n) is 5.25. The molecule has 2 aromatic rings. The Kier molecular flexibility index (Phi) is 3.01. The smallest absolute Gasteiger partial charge is 0.353 e. The van der Waals surface area contributed by atoms with Crippen LogP contribution in [0.15, 0.2) is 24.3 Å². The summed E-state index contributed by atoms with van der Waals surface area (Å²) >= 11 is 0. The molecule has 1 aromatic heterocycles. The van der Waals surface area contributed by atoms with E-state index in [-0.39, 0.29) is 17.1 Å². The highest BCUT2D eigenvalue weighted by Gasteiger charge is 2.14. The summed E-state index contributed by atoms with van der Waals surface area (Å²) in [5.74, 6) is -1.23. The quantitative estimate of drug-likeness (QED) is 0.781. The highest BCUT2D eigenvalue weighted by Crippen LogP contribution is 2.31. The second-order valence-electron chi connectivity index (χ2n) is 3.86. The Morgan fingerprint density at radius 2 is 2.17 bits per heavy atom. The molecular weight excluding hydrogens is 239 g/mol. The van der Waals surface area contributed by atoms with Gasteiger partial charge in [0, 0.05) is 5.56 Å². The summed E-state index contributed by atoms with van der Waals surface area (Å²) in [7, 11) is 0. The number of benzene rings is 1. The Morgan fingerprint density at radius 1 is 1.44 bits per heavy atom. The summed E-state index contributed by atoms with van der Waals surface area (Å²) < 4.78 is 13.2. The van der Waals surface area contributed by atoms with Crippen LogP contribution < -0.4 is 0 Å². The predicted octanol–water partition coefficient (Wildman–Crippen LogP) is 2.51. The van der Waals surface area contributed by atoms with E-state index >= 15 is 0 Å². The van der Waals surface area contributed by atoms with Gasteiger partial charge in [-0.05, 0) is 30.7 Å². The third-order valence-electron chi connectivity index (χ3n) is 2.56. The number of hydrogen-bond donors (Lipinski definition) is 3. The Morgan fingerprint density at radius 3 is 2.72 bits per heavy atom. The van der Waals surface area contributed by atoms with Crippen molar-refractivity contribution in [1.82, 2.24) is 10.2 Å². The summed E-state index contributed by atoms with van der Waals surface area (Å²) in [6.07, 6.45) is -1.18. The maximum atomic E-state index is 13.2. The standard InChI is InChI=1S/C12H11FN2O3/c1-6(13)7-2-3-11(16)8(4-7)9-5-10(12(17)18)15-14-9/h2-6,16H,1H3,(H,14,15)(H,17,18). The number of alkyl halides is 1. The maximum Gasteiger partial charge on any atom is 0.353 e. The maximum absolute atomic E-state index is 13.2. The summed E-state index contributed by atoms with van der Waals surface area (Å²) in [5, 5.41) is 24.6. The molecule has 18 heavy (non-hydrogen) atoms. The van der Waals surface area contributed by atoms with Gasteiger partial charge in [-0.1, -0.05) is 6.07 Å². The van der Waals surface area contributed by atoms with Crippen molar-refractivity contribution in [2.24, 2.45) is 0 Å². The van der Waals surface area contributed by atoms with Gasteiger partial charge in [0.1, 0.15) is 17.6 Å². The zero-order chi connectivity index (χ0) is 13.3. The number of nitrogens with one attached hydrogen (secondary N) is 1. The van der Waals surface area contributed by atoms with E-state index in [2.05, 4.69) is 10.2 Å². The third-order valence-corrected chi connectivity index (χ3v) is 2.56. The number of hydrogen-bond acceptors (Lipinski definition) is 3. The van der Waals surface area contributed by atoms with Crippen molar-refractivity contribution in [2.45, 2.75) is 13.1 Å². The van der Waals surface area contributed by atoms with E-state index in [0.717, 1.165) is 0 Å². The lowest BCUT2D eigenvalue weighted by Gasteiger charge is -2.06. The molecule has 0 aliphatic carbocycles. The van der Waals surface area contributed by atoms with E-state index in [1.165, 1.54) is 31.2 Å². The van der Waals surface area contributed by atoms with Gasteiger partial charge in [-0.25, -0.2) is 9.18 Å². The van der Waals surface area contributed by atoms with E-state index in [4.69, 9.17) is 5.11 Å². The Labute approximate surface area is 102 Å². The molecule has 0 aliphatic heterocycles. The van der Waals surface area contributed by atoms with Crippen LogP contribution in [0.3, 0.4) is 0 Å². The topological polar surface area (TPSA) is 86.2 Å². The van der Waals surface area contributed by atoms with Crippen LogP contribution in [0.25, 0.3) is 11.3 Å². The van der Waals surface area contributed by atoms with Crippen LogP contribution in [0.4, 0.5) is 4.39 Å². The molecule has 0 spiro atoms. The minimum atomic E-state index is -1.18. The predicted molar refractivity (Wildman–Crippen MR) is 62.2 cm³/mol. The third kappa shape index (κ3) is 2.17. The van der Waals surface area contributed by atoms with E-state index in [0.29, 0.717) is 11.1 Å². The second-order valence-corrected chi connectivity index (χ2v) is 3.86. The molecule has 1 aromatic carbocycles. The van der Waals surface area contributed by atoms with Gasteiger partial charge in [0.15, 0.2) is 0 Å². The molecule has 3 N–H and O–H groups in total. The van der Waals surface area contributed by atoms with Crippen LogP contribution in [-0.4, -0.2) is 26.4 Å². The number of phenols is 1. The molecule has 1 atom stereocenters. The van der Waals surface area contributed by atoms with Crippen molar-refractivity contribution in [1.29, 1.82) is 0 Å². The number of aromatic hydroxyl groups is 1. The number of aromatic amines is 1. The second kappa shape index (κ2) is 4.48.